The standard InChI is InChI=1S/C21H19ClN4O2/c1-2-25(21(27)28)12-9-18-20-17-5-4-15(22)13-14(17)3-6-19(20)26(24-18)16-7-10-23-11-8-16/h3-8,10-11,13H,2,9,12H2,1H3,(H,27,28). The van der Waals surface area contributed by atoms with E-state index < -0.39 is 6.09 Å². The monoisotopic (exact) mass is 394 g/mol. The molecule has 0 spiro atoms. The van der Waals surface area contributed by atoms with Gasteiger partial charge in [0.1, 0.15) is 0 Å². The van der Waals surface area contributed by atoms with E-state index in [1.165, 1.54) is 4.90 Å². The van der Waals surface area contributed by atoms with Crippen LogP contribution in [0.5, 0.6) is 0 Å². The number of carboxylic acid groups (broad SMARTS) is 1. The van der Waals surface area contributed by atoms with E-state index in [1.54, 1.807) is 12.4 Å². The number of rotatable bonds is 5. The number of likely N-dealkylation sites (N-methyl/N-ethyl adjacent to an activating group) is 1. The first kappa shape index (κ1) is 18.3. The Morgan fingerprint density at radius 3 is 2.68 bits per heavy atom. The highest BCUT2D eigenvalue weighted by molar-refractivity contribution is 6.31. The summed E-state index contributed by atoms with van der Waals surface area (Å²) in [6.45, 7) is 2.66. The fourth-order valence-corrected chi connectivity index (χ4v) is 3.66. The van der Waals surface area contributed by atoms with E-state index >= 15 is 0 Å². The van der Waals surface area contributed by atoms with Crippen molar-refractivity contribution in [2.45, 2.75) is 13.3 Å². The maximum atomic E-state index is 11.4. The molecule has 7 heteroatoms. The van der Waals surface area contributed by atoms with Crippen LogP contribution in [0.3, 0.4) is 0 Å². The summed E-state index contributed by atoms with van der Waals surface area (Å²) in [6, 6.07) is 13.7. The van der Waals surface area contributed by atoms with E-state index in [9.17, 15) is 9.90 Å². The van der Waals surface area contributed by atoms with Crippen molar-refractivity contribution >= 4 is 39.4 Å². The third-order valence-electron chi connectivity index (χ3n) is 4.88. The van der Waals surface area contributed by atoms with Crippen LogP contribution in [0.4, 0.5) is 4.79 Å². The van der Waals surface area contributed by atoms with Gasteiger partial charge in [-0.05, 0) is 48.0 Å². The van der Waals surface area contributed by atoms with E-state index in [4.69, 9.17) is 16.7 Å². The molecule has 0 radical (unpaired) electrons. The zero-order chi connectivity index (χ0) is 19.7. The summed E-state index contributed by atoms with van der Waals surface area (Å²) >= 11 is 6.17. The van der Waals surface area contributed by atoms with Gasteiger partial charge in [-0.25, -0.2) is 9.48 Å². The molecule has 2 aromatic carbocycles. The minimum absolute atomic E-state index is 0.387. The maximum Gasteiger partial charge on any atom is 0.407 e. The van der Waals surface area contributed by atoms with Gasteiger partial charge >= 0.3 is 6.09 Å². The smallest absolute Gasteiger partial charge is 0.407 e. The number of fused-ring (bicyclic) bond motifs is 3. The third kappa shape index (κ3) is 3.27. The summed E-state index contributed by atoms with van der Waals surface area (Å²) < 4.78 is 1.89. The number of carbonyl (C=O) groups is 1. The van der Waals surface area contributed by atoms with E-state index in [1.807, 2.05) is 54.1 Å². The molecule has 2 heterocycles. The Labute approximate surface area is 167 Å². The van der Waals surface area contributed by atoms with Gasteiger partial charge in [-0.1, -0.05) is 23.7 Å². The van der Waals surface area contributed by atoms with Crippen LogP contribution in [0.1, 0.15) is 12.6 Å². The normalized spacial score (nSPS) is 11.2. The van der Waals surface area contributed by atoms with Crippen LogP contribution in [0, 0.1) is 0 Å². The lowest BCUT2D eigenvalue weighted by atomic mass is 10.0. The summed E-state index contributed by atoms with van der Waals surface area (Å²) in [6.07, 6.45) is 3.06. The van der Waals surface area contributed by atoms with Crippen molar-refractivity contribution in [3.05, 3.63) is 65.6 Å². The zero-order valence-electron chi connectivity index (χ0n) is 15.3. The van der Waals surface area contributed by atoms with Crippen LogP contribution in [0.2, 0.25) is 5.02 Å². The Morgan fingerprint density at radius 1 is 1.18 bits per heavy atom. The summed E-state index contributed by atoms with van der Waals surface area (Å²) in [7, 11) is 0. The van der Waals surface area contributed by atoms with Gasteiger partial charge in [0.15, 0.2) is 0 Å². The molecule has 0 unspecified atom stereocenters. The molecule has 0 bridgehead atoms. The molecular formula is C21H19ClN4O2. The predicted octanol–water partition coefficient (Wildman–Crippen LogP) is 4.77. The number of hydrogen-bond acceptors (Lipinski definition) is 3. The average molecular weight is 395 g/mol. The molecule has 1 amide bonds. The first-order chi connectivity index (χ1) is 13.6. The fourth-order valence-electron chi connectivity index (χ4n) is 3.48. The number of amides is 1. The molecular weight excluding hydrogens is 376 g/mol. The van der Waals surface area contributed by atoms with Gasteiger partial charge in [-0.15, -0.1) is 0 Å². The van der Waals surface area contributed by atoms with Gasteiger partial charge in [-0.3, -0.25) is 4.98 Å². The Bertz CT molecular complexity index is 1160. The second kappa shape index (κ2) is 7.48. The Morgan fingerprint density at radius 2 is 1.96 bits per heavy atom. The number of aromatic nitrogens is 3. The van der Waals surface area contributed by atoms with Crippen LogP contribution in [-0.4, -0.2) is 44.0 Å². The largest absolute Gasteiger partial charge is 0.465 e. The van der Waals surface area contributed by atoms with Crippen LogP contribution in [-0.2, 0) is 6.42 Å². The predicted molar refractivity (Wildman–Crippen MR) is 110 cm³/mol. The lowest BCUT2D eigenvalue weighted by Gasteiger charge is -2.15. The molecule has 0 saturated heterocycles. The molecule has 0 aliphatic carbocycles. The highest BCUT2D eigenvalue weighted by Crippen LogP contribution is 2.31. The highest BCUT2D eigenvalue weighted by atomic mass is 35.5. The SMILES string of the molecule is CCN(CCc1nn(-c2ccncc2)c2ccc3cc(Cl)ccc3c12)C(=O)O. The van der Waals surface area contributed by atoms with Crippen molar-refractivity contribution in [2.75, 3.05) is 13.1 Å². The molecule has 0 fully saturated rings. The maximum absolute atomic E-state index is 11.4. The van der Waals surface area contributed by atoms with Gasteiger partial charge in [0.2, 0.25) is 0 Å². The number of hydrogen-bond donors (Lipinski definition) is 1. The van der Waals surface area contributed by atoms with Gasteiger partial charge in [0.05, 0.1) is 16.9 Å². The minimum atomic E-state index is -0.919. The van der Waals surface area contributed by atoms with Crippen molar-refractivity contribution in [1.82, 2.24) is 19.7 Å². The van der Waals surface area contributed by atoms with Crippen molar-refractivity contribution < 1.29 is 9.90 Å². The first-order valence-electron chi connectivity index (χ1n) is 9.06. The third-order valence-corrected chi connectivity index (χ3v) is 5.11. The summed E-state index contributed by atoms with van der Waals surface area (Å²) in [5, 5.41) is 17.9. The number of halogens is 1. The van der Waals surface area contributed by atoms with Crippen molar-refractivity contribution in [2.24, 2.45) is 0 Å². The molecule has 1 N–H and O–H groups in total. The second-order valence-corrected chi connectivity index (χ2v) is 6.94. The van der Waals surface area contributed by atoms with Crippen LogP contribution in [0.15, 0.2) is 54.9 Å². The van der Waals surface area contributed by atoms with E-state index in [-0.39, 0.29) is 0 Å². The van der Waals surface area contributed by atoms with E-state index in [2.05, 4.69) is 4.98 Å². The average Bonchev–Trinajstić information content (AvgIpc) is 3.07. The van der Waals surface area contributed by atoms with Gasteiger partial charge in [-0.2, -0.15) is 5.10 Å². The topological polar surface area (TPSA) is 71.2 Å². The fraction of sp³-hybridized carbons (Fsp3) is 0.190. The molecule has 142 valence electrons. The molecule has 0 atom stereocenters. The van der Waals surface area contributed by atoms with E-state index in [0.29, 0.717) is 24.5 Å². The quantitative estimate of drug-likeness (QED) is 0.529. The minimum Gasteiger partial charge on any atom is -0.465 e. The van der Waals surface area contributed by atoms with Gasteiger partial charge < -0.3 is 10.0 Å². The van der Waals surface area contributed by atoms with E-state index in [0.717, 1.165) is 33.1 Å². The second-order valence-electron chi connectivity index (χ2n) is 6.50. The van der Waals surface area contributed by atoms with Crippen molar-refractivity contribution in [1.29, 1.82) is 0 Å². The Balaban J connectivity index is 1.90. The summed E-state index contributed by atoms with van der Waals surface area (Å²) in [4.78, 5) is 16.8. The van der Waals surface area contributed by atoms with Gasteiger partial charge in [0.25, 0.3) is 0 Å². The Hall–Kier alpha value is -3.12. The number of pyridine rings is 1. The summed E-state index contributed by atoms with van der Waals surface area (Å²) in [5.74, 6) is 0. The molecule has 0 aliphatic rings. The van der Waals surface area contributed by atoms with Crippen LogP contribution in [0.25, 0.3) is 27.4 Å². The number of nitrogens with zero attached hydrogens (tertiary/aromatic N) is 4. The van der Waals surface area contributed by atoms with Crippen LogP contribution >= 0.6 is 11.6 Å². The molecule has 4 aromatic rings. The molecule has 0 aliphatic heterocycles. The number of benzene rings is 2. The molecule has 0 saturated carbocycles. The Kier molecular flexibility index (Phi) is 4.88. The lowest BCUT2D eigenvalue weighted by Crippen LogP contribution is -2.31. The molecule has 4 rings (SSSR count). The van der Waals surface area contributed by atoms with Gasteiger partial charge in [0, 0.05) is 42.3 Å². The molecule has 6 nitrogen and oxygen atoms in total. The molecule has 2 aromatic heterocycles. The first-order valence-corrected chi connectivity index (χ1v) is 9.44. The highest BCUT2D eigenvalue weighted by Gasteiger charge is 2.17. The van der Waals surface area contributed by atoms with Crippen LogP contribution < -0.4 is 0 Å². The zero-order valence-corrected chi connectivity index (χ0v) is 16.1. The lowest BCUT2D eigenvalue weighted by molar-refractivity contribution is 0.148. The summed E-state index contributed by atoms with van der Waals surface area (Å²) in [5.41, 5.74) is 2.74. The van der Waals surface area contributed by atoms with Crippen molar-refractivity contribution in [3.8, 4) is 5.69 Å². The molecule has 28 heavy (non-hydrogen) atoms. The van der Waals surface area contributed by atoms with Crippen molar-refractivity contribution in [3.63, 3.8) is 0 Å².